The van der Waals surface area contributed by atoms with Crippen molar-refractivity contribution in [2.24, 2.45) is 0 Å². The minimum atomic E-state index is -1.05. The molecule has 0 radical (unpaired) electrons. The molecule has 0 aliphatic carbocycles. The third kappa shape index (κ3) is 4.15. The van der Waals surface area contributed by atoms with E-state index >= 15 is 0 Å². The first kappa shape index (κ1) is 25.1. The molecule has 8 nitrogen and oxygen atoms in total. The molecule has 5 aromatic rings. The van der Waals surface area contributed by atoms with Crippen molar-refractivity contribution < 1.29 is 9.90 Å². The number of carboxylic acids is 1. The van der Waals surface area contributed by atoms with Crippen molar-refractivity contribution in [3.05, 3.63) is 87.5 Å². The van der Waals surface area contributed by atoms with Gasteiger partial charge in [-0.15, -0.1) is 0 Å². The quantitative estimate of drug-likeness (QED) is 0.267. The monoisotopic (exact) mass is 540 g/mol. The van der Waals surface area contributed by atoms with Crippen LogP contribution < -0.4 is 4.90 Å². The lowest BCUT2D eigenvalue weighted by molar-refractivity contribution is 0.0689. The summed E-state index contributed by atoms with van der Waals surface area (Å²) in [6.07, 6.45) is 5.95. The van der Waals surface area contributed by atoms with E-state index in [9.17, 15) is 9.90 Å². The van der Waals surface area contributed by atoms with Crippen LogP contribution in [0.3, 0.4) is 0 Å². The molecule has 2 N–H and O–H groups in total. The van der Waals surface area contributed by atoms with Crippen LogP contribution in [0.25, 0.3) is 27.8 Å². The number of hydrogen-bond donors (Lipinski definition) is 2. The summed E-state index contributed by atoms with van der Waals surface area (Å²) >= 11 is 6.56. The van der Waals surface area contributed by atoms with Crippen LogP contribution in [0.15, 0.2) is 48.8 Å². The standard InChI is InChI=1S/C30H29ClN6O2/c1-4-18-7-6-8-19(5-2)27(18)37-28(21-9-10-23(31)26-20(21)11-13-32-26)22-16-36(14-12-24(22)35-37)30-33-15-17(3)25(34-30)29(38)39/h6-11,13,15,32H,4-5,12,14,16H2,1-3H3,(H,38,39). The SMILES string of the molecule is CCc1cccc(CC)c1-n1nc2c(c1-c1ccc(Cl)c3[nH]ccc13)CN(c1ncc(C)c(C(=O)O)n1)CC2. The van der Waals surface area contributed by atoms with E-state index in [1.165, 1.54) is 11.1 Å². The molecule has 1 aliphatic rings. The van der Waals surface area contributed by atoms with Crippen molar-refractivity contribution in [1.29, 1.82) is 0 Å². The van der Waals surface area contributed by atoms with Gasteiger partial charge in [0.15, 0.2) is 5.69 Å². The van der Waals surface area contributed by atoms with E-state index in [1.807, 2.05) is 17.2 Å². The molecule has 2 aromatic carbocycles. The Bertz CT molecular complexity index is 1720. The van der Waals surface area contributed by atoms with Gasteiger partial charge in [0.05, 0.1) is 27.6 Å². The number of nitrogens with one attached hydrogen (secondary N) is 1. The highest BCUT2D eigenvalue weighted by Crippen LogP contribution is 2.40. The van der Waals surface area contributed by atoms with Crippen molar-refractivity contribution in [2.75, 3.05) is 11.4 Å². The van der Waals surface area contributed by atoms with Crippen LogP contribution in [0.2, 0.25) is 5.02 Å². The maximum absolute atomic E-state index is 11.8. The number of aryl methyl sites for hydroxylation is 3. The van der Waals surface area contributed by atoms with Crippen molar-refractivity contribution >= 4 is 34.4 Å². The lowest BCUT2D eigenvalue weighted by atomic mass is 9.97. The molecule has 4 heterocycles. The fourth-order valence-corrected chi connectivity index (χ4v) is 5.82. The van der Waals surface area contributed by atoms with Gasteiger partial charge in [-0.2, -0.15) is 5.10 Å². The van der Waals surface area contributed by atoms with Crippen LogP contribution in [0.1, 0.15) is 52.3 Å². The Kier molecular flexibility index (Phi) is 6.35. The van der Waals surface area contributed by atoms with Crippen LogP contribution in [0.5, 0.6) is 0 Å². The lowest BCUT2D eigenvalue weighted by Gasteiger charge is -2.27. The van der Waals surface area contributed by atoms with Crippen molar-refractivity contribution in [3.63, 3.8) is 0 Å². The highest BCUT2D eigenvalue weighted by Gasteiger charge is 2.30. The number of halogens is 1. The Morgan fingerprint density at radius 2 is 1.90 bits per heavy atom. The van der Waals surface area contributed by atoms with E-state index < -0.39 is 5.97 Å². The molecular formula is C30H29ClN6O2. The smallest absolute Gasteiger partial charge is 0.354 e. The maximum Gasteiger partial charge on any atom is 0.354 e. The third-order valence-electron chi connectivity index (χ3n) is 7.58. The molecule has 0 bridgehead atoms. The van der Waals surface area contributed by atoms with E-state index in [0.29, 0.717) is 36.0 Å². The molecule has 6 rings (SSSR count). The first-order valence-electron chi connectivity index (χ1n) is 13.2. The average molecular weight is 541 g/mol. The number of nitrogens with zero attached hydrogens (tertiary/aromatic N) is 5. The molecule has 0 atom stereocenters. The second-order valence-corrected chi connectivity index (χ2v) is 10.3. The molecule has 0 fully saturated rings. The zero-order chi connectivity index (χ0) is 27.3. The summed E-state index contributed by atoms with van der Waals surface area (Å²) in [5.74, 6) is -0.643. The lowest BCUT2D eigenvalue weighted by Crippen LogP contribution is -2.32. The predicted octanol–water partition coefficient (Wildman–Crippen LogP) is 6.16. The Balaban J connectivity index is 1.59. The summed E-state index contributed by atoms with van der Waals surface area (Å²) in [7, 11) is 0. The molecule has 0 saturated heterocycles. The number of fused-ring (bicyclic) bond motifs is 2. The first-order chi connectivity index (χ1) is 18.9. The number of hydrogen-bond acceptors (Lipinski definition) is 5. The highest BCUT2D eigenvalue weighted by molar-refractivity contribution is 6.35. The topological polar surface area (TPSA) is 99.9 Å². The summed E-state index contributed by atoms with van der Waals surface area (Å²) in [4.78, 5) is 26.0. The zero-order valence-electron chi connectivity index (χ0n) is 22.1. The number of aromatic nitrogens is 5. The Morgan fingerprint density at radius 1 is 1.13 bits per heavy atom. The van der Waals surface area contributed by atoms with Gasteiger partial charge in [-0.1, -0.05) is 49.7 Å². The second kappa shape index (κ2) is 9.85. The van der Waals surface area contributed by atoms with Gasteiger partial charge in [-0.05, 0) is 43.0 Å². The van der Waals surface area contributed by atoms with Crippen LogP contribution in [0, 0.1) is 6.92 Å². The summed E-state index contributed by atoms with van der Waals surface area (Å²) in [5.41, 5.74) is 9.20. The van der Waals surface area contributed by atoms with Gasteiger partial charge >= 0.3 is 5.97 Å². The zero-order valence-corrected chi connectivity index (χ0v) is 22.9. The van der Waals surface area contributed by atoms with Crippen LogP contribution in [-0.2, 0) is 25.8 Å². The molecule has 1 aliphatic heterocycles. The molecule has 0 amide bonds. The average Bonchev–Trinajstić information content (AvgIpc) is 3.59. The summed E-state index contributed by atoms with van der Waals surface area (Å²) in [6.45, 7) is 7.21. The van der Waals surface area contributed by atoms with E-state index in [1.54, 1.807) is 13.1 Å². The number of aromatic carboxylic acids is 1. The van der Waals surface area contributed by atoms with E-state index in [2.05, 4.69) is 63.8 Å². The van der Waals surface area contributed by atoms with Crippen LogP contribution in [0.4, 0.5) is 5.95 Å². The minimum Gasteiger partial charge on any atom is -0.476 e. The normalized spacial score (nSPS) is 13.2. The number of para-hydroxylation sites is 1. The van der Waals surface area contributed by atoms with Gasteiger partial charge < -0.3 is 15.0 Å². The minimum absolute atomic E-state index is 0.0258. The molecule has 3 aromatic heterocycles. The molecule has 0 spiro atoms. The largest absolute Gasteiger partial charge is 0.476 e. The van der Waals surface area contributed by atoms with Crippen LogP contribution >= 0.6 is 11.6 Å². The Morgan fingerprint density at radius 3 is 2.62 bits per heavy atom. The highest BCUT2D eigenvalue weighted by atomic mass is 35.5. The van der Waals surface area contributed by atoms with E-state index in [-0.39, 0.29) is 5.69 Å². The predicted molar refractivity (Wildman–Crippen MR) is 153 cm³/mol. The van der Waals surface area contributed by atoms with Crippen molar-refractivity contribution in [3.8, 4) is 16.9 Å². The summed E-state index contributed by atoms with van der Waals surface area (Å²) in [6, 6.07) is 12.5. The number of carbonyl (C=O) groups is 1. The Hall–Kier alpha value is -4.17. The number of benzene rings is 2. The van der Waals surface area contributed by atoms with Gasteiger partial charge in [-0.3, -0.25) is 0 Å². The first-order valence-corrected chi connectivity index (χ1v) is 13.6. The number of anilines is 1. The Labute approximate surface area is 231 Å². The molecule has 198 valence electrons. The fourth-order valence-electron chi connectivity index (χ4n) is 5.60. The third-order valence-corrected chi connectivity index (χ3v) is 7.90. The molecule has 9 heteroatoms. The number of rotatable bonds is 6. The van der Waals surface area contributed by atoms with Gasteiger partial charge in [0.2, 0.25) is 5.95 Å². The van der Waals surface area contributed by atoms with Crippen molar-refractivity contribution in [1.82, 2.24) is 24.7 Å². The van der Waals surface area contributed by atoms with Gasteiger partial charge in [0, 0.05) is 54.0 Å². The fraction of sp³-hybridized carbons (Fsp3) is 0.267. The summed E-state index contributed by atoms with van der Waals surface area (Å²) < 4.78 is 2.13. The van der Waals surface area contributed by atoms with Gasteiger partial charge in [0.25, 0.3) is 0 Å². The van der Waals surface area contributed by atoms with Gasteiger partial charge in [0.1, 0.15) is 0 Å². The van der Waals surface area contributed by atoms with Crippen molar-refractivity contribution in [2.45, 2.75) is 46.6 Å². The molecule has 39 heavy (non-hydrogen) atoms. The number of carboxylic acid groups (broad SMARTS) is 1. The number of aromatic amines is 1. The molecule has 0 unspecified atom stereocenters. The van der Waals surface area contributed by atoms with E-state index in [0.717, 1.165) is 51.9 Å². The molecule has 0 saturated carbocycles. The second-order valence-electron chi connectivity index (χ2n) is 9.86. The maximum atomic E-state index is 11.8. The van der Waals surface area contributed by atoms with Gasteiger partial charge in [-0.25, -0.2) is 19.4 Å². The summed E-state index contributed by atoms with van der Waals surface area (Å²) in [5, 5.41) is 16.5. The van der Waals surface area contributed by atoms with Crippen LogP contribution in [-0.4, -0.2) is 42.4 Å². The molecular weight excluding hydrogens is 512 g/mol. The number of H-pyrrole nitrogens is 1. The van der Waals surface area contributed by atoms with E-state index in [4.69, 9.17) is 16.7 Å².